The SMILES string of the molecule is COc1cc([C@@H]2C(C#N)=C(N)Oc3cc(O)ccc32)cc2c1OCO2. The number of hydrogen-bond donors (Lipinski definition) is 2. The minimum absolute atomic E-state index is 0.00207. The number of nitrogens with zero attached hydrogens (tertiary/aromatic N) is 1. The Hall–Kier alpha value is -3.53. The van der Waals surface area contributed by atoms with Crippen LogP contribution < -0.4 is 24.7 Å². The number of phenolic OH excluding ortho intramolecular Hbond substituents is 1. The van der Waals surface area contributed by atoms with Crippen LogP contribution in [0.4, 0.5) is 0 Å². The minimum Gasteiger partial charge on any atom is -0.508 e. The lowest BCUT2D eigenvalue weighted by atomic mass is 9.83. The summed E-state index contributed by atoms with van der Waals surface area (Å²) in [7, 11) is 1.53. The number of nitriles is 1. The molecule has 7 heteroatoms. The molecule has 4 rings (SSSR count). The molecule has 0 fully saturated rings. The monoisotopic (exact) mass is 338 g/mol. The second kappa shape index (κ2) is 5.53. The van der Waals surface area contributed by atoms with Crippen LogP contribution in [-0.4, -0.2) is 19.0 Å². The Labute approximate surface area is 143 Å². The number of ether oxygens (including phenoxy) is 4. The molecule has 1 atom stereocenters. The average Bonchev–Trinajstić information content (AvgIpc) is 3.08. The van der Waals surface area contributed by atoms with Crippen molar-refractivity contribution in [2.24, 2.45) is 5.73 Å². The fourth-order valence-corrected chi connectivity index (χ4v) is 3.10. The van der Waals surface area contributed by atoms with Crippen LogP contribution >= 0.6 is 0 Å². The quantitative estimate of drug-likeness (QED) is 0.865. The van der Waals surface area contributed by atoms with Crippen molar-refractivity contribution < 1.29 is 24.1 Å². The van der Waals surface area contributed by atoms with E-state index in [0.717, 1.165) is 5.56 Å². The van der Waals surface area contributed by atoms with Gasteiger partial charge in [0.05, 0.1) is 13.0 Å². The zero-order chi connectivity index (χ0) is 17.6. The Kier molecular flexibility index (Phi) is 3.32. The largest absolute Gasteiger partial charge is 0.508 e. The molecule has 0 spiro atoms. The number of phenols is 1. The molecule has 25 heavy (non-hydrogen) atoms. The van der Waals surface area contributed by atoms with Crippen LogP contribution in [0.2, 0.25) is 0 Å². The molecule has 126 valence electrons. The average molecular weight is 338 g/mol. The normalized spacial score (nSPS) is 17.5. The topological polar surface area (TPSA) is 107 Å². The van der Waals surface area contributed by atoms with Crippen molar-refractivity contribution in [2.75, 3.05) is 13.9 Å². The molecule has 0 saturated carbocycles. The van der Waals surface area contributed by atoms with Gasteiger partial charge in [-0.25, -0.2) is 0 Å². The summed E-state index contributed by atoms with van der Waals surface area (Å²) in [6, 6.07) is 10.4. The second-order valence-electron chi connectivity index (χ2n) is 5.60. The molecule has 2 aromatic carbocycles. The third-order valence-corrected chi connectivity index (χ3v) is 4.22. The third kappa shape index (κ3) is 2.27. The molecular formula is C18H14N2O5. The Balaban J connectivity index is 1.94. The summed E-state index contributed by atoms with van der Waals surface area (Å²) in [6.07, 6.45) is 0. The van der Waals surface area contributed by atoms with Crippen molar-refractivity contribution >= 4 is 0 Å². The lowest BCUT2D eigenvalue weighted by Gasteiger charge is -2.26. The standard InChI is InChI=1S/C18H14N2O5/c1-22-14-4-9(5-15-17(14)24-8-23-15)16-11-3-2-10(21)6-13(11)25-18(20)12(16)7-19/h2-6,16,21H,8,20H2,1H3/t16-/m0/s1. The molecule has 3 N–H and O–H groups in total. The van der Waals surface area contributed by atoms with Crippen molar-refractivity contribution in [1.82, 2.24) is 0 Å². The molecule has 7 nitrogen and oxygen atoms in total. The first kappa shape index (κ1) is 15.0. The Morgan fingerprint density at radius 3 is 2.84 bits per heavy atom. The molecule has 2 aliphatic rings. The Bertz CT molecular complexity index is 945. The van der Waals surface area contributed by atoms with Gasteiger partial charge in [0.2, 0.25) is 18.4 Å². The minimum atomic E-state index is -0.474. The van der Waals surface area contributed by atoms with Gasteiger partial charge in [0.25, 0.3) is 0 Å². The summed E-state index contributed by atoms with van der Waals surface area (Å²) < 4.78 is 21.8. The molecule has 2 heterocycles. The number of benzene rings is 2. The summed E-state index contributed by atoms with van der Waals surface area (Å²) >= 11 is 0. The summed E-state index contributed by atoms with van der Waals surface area (Å²) in [5, 5.41) is 19.3. The number of hydrogen-bond acceptors (Lipinski definition) is 7. The van der Waals surface area contributed by atoms with Gasteiger partial charge in [-0.3, -0.25) is 0 Å². The summed E-state index contributed by atoms with van der Waals surface area (Å²) in [5.74, 6) is 1.55. The molecule has 0 radical (unpaired) electrons. The van der Waals surface area contributed by atoms with Gasteiger partial charge in [0.1, 0.15) is 23.1 Å². The van der Waals surface area contributed by atoms with Crippen LogP contribution in [0.25, 0.3) is 0 Å². The van der Waals surface area contributed by atoms with E-state index in [9.17, 15) is 10.4 Å². The van der Waals surface area contributed by atoms with E-state index in [1.54, 1.807) is 18.2 Å². The van der Waals surface area contributed by atoms with Crippen molar-refractivity contribution in [3.63, 3.8) is 0 Å². The highest BCUT2D eigenvalue weighted by Crippen LogP contribution is 2.48. The van der Waals surface area contributed by atoms with Crippen molar-refractivity contribution in [2.45, 2.75) is 5.92 Å². The van der Waals surface area contributed by atoms with Crippen LogP contribution in [0.1, 0.15) is 17.0 Å². The van der Waals surface area contributed by atoms with Crippen LogP contribution in [0.3, 0.4) is 0 Å². The zero-order valence-corrected chi connectivity index (χ0v) is 13.3. The van der Waals surface area contributed by atoms with Gasteiger partial charge in [-0.05, 0) is 23.8 Å². The van der Waals surface area contributed by atoms with Crippen molar-refractivity contribution in [1.29, 1.82) is 5.26 Å². The molecule has 2 aromatic rings. The van der Waals surface area contributed by atoms with Crippen LogP contribution in [0.5, 0.6) is 28.7 Å². The number of aromatic hydroxyl groups is 1. The maximum atomic E-state index is 9.71. The van der Waals surface area contributed by atoms with Gasteiger partial charge in [-0.1, -0.05) is 6.07 Å². The van der Waals surface area contributed by atoms with E-state index in [2.05, 4.69) is 6.07 Å². The summed E-state index contributed by atoms with van der Waals surface area (Å²) in [4.78, 5) is 0. The molecule has 0 bridgehead atoms. The maximum absolute atomic E-state index is 9.71. The lowest BCUT2D eigenvalue weighted by molar-refractivity contribution is 0.171. The van der Waals surface area contributed by atoms with E-state index < -0.39 is 5.92 Å². The zero-order valence-electron chi connectivity index (χ0n) is 13.3. The van der Waals surface area contributed by atoms with Gasteiger partial charge in [-0.2, -0.15) is 5.26 Å². The number of allylic oxidation sites excluding steroid dienone is 1. The first-order chi connectivity index (χ1) is 12.1. The van der Waals surface area contributed by atoms with Gasteiger partial charge < -0.3 is 29.8 Å². The molecule has 2 aliphatic heterocycles. The first-order valence-electron chi connectivity index (χ1n) is 7.50. The highest BCUT2D eigenvalue weighted by Gasteiger charge is 2.33. The second-order valence-corrected chi connectivity index (χ2v) is 5.60. The number of nitrogens with two attached hydrogens (primary N) is 1. The van der Waals surface area contributed by atoms with E-state index in [1.165, 1.54) is 19.2 Å². The van der Waals surface area contributed by atoms with Gasteiger partial charge in [0.15, 0.2) is 11.5 Å². The number of methoxy groups -OCH3 is 1. The molecule has 0 aliphatic carbocycles. The Morgan fingerprint density at radius 2 is 2.08 bits per heavy atom. The summed E-state index contributed by atoms with van der Waals surface area (Å²) in [6.45, 7) is 0.108. The van der Waals surface area contributed by atoms with Crippen molar-refractivity contribution in [3.8, 4) is 34.8 Å². The highest BCUT2D eigenvalue weighted by molar-refractivity contribution is 5.62. The van der Waals surface area contributed by atoms with Gasteiger partial charge in [0, 0.05) is 11.6 Å². The smallest absolute Gasteiger partial charge is 0.231 e. The van der Waals surface area contributed by atoms with Gasteiger partial charge in [-0.15, -0.1) is 0 Å². The van der Waals surface area contributed by atoms with E-state index in [1.807, 2.05) is 0 Å². The van der Waals surface area contributed by atoms with Crippen LogP contribution in [0, 0.1) is 11.3 Å². The van der Waals surface area contributed by atoms with Crippen molar-refractivity contribution in [3.05, 3.63) is 52.9 Å². The molecule has 0 aromatic heterocycles. The molecule has 0 amide bonds. The van der Waals surface area contributed by atoms with E-state index in [4.69, 9.17) is 24.7 Å². The maximum Gasteiger partial charge on any atom is 0.231 e. The summed E-state index contributed by atoms with van der Waals surface area (Å²) in [5.41, 5.74) is 7.67. The predicted octanol–water partition coefficient (Wildman–Crippen LogP) is 2.35. The number of fused-ring (bicyclic) bond motifs is 2. The predicted molar refractivity (Wildman–Crippen MR) is 86.5 cm³/mol. The van der Waals surface area contributed by atoms with E-state index >= 15 is 0 Å². The molecular weight excluding hydrogens is 324 g/mol. The first-order valence-corrected chi connectivity index (χ1v) is 7.50. The molecule has 0 saturated heterocycles. The van der Waals surface area contributed by atoms with Crippen LogP contribution in [0.15, 0.2) is 41.8 Å². The van der Waals surface area contributed by atoms with E-state index in [0.29, 0.717) is 28.6 Å². The number of rotatable bonds is 2. The molecule has 0 unspecified atom stereocenters. The lowest BCUT2D eigenvalue weighted by Crippen LogP contribution is -2.21. The fourth-order valence-electron chi connectivity index (χ4n) is 3.10. The van der Waals surface area contributed by atoms with Crippen LogP contribution in [-0.2, 0) is 0 Å². The Morgan fingerprint density at radius 1 is 1.24 bits per heavy atom. The van der Waals surface area contributed by atoms with E-state index in [-0.39, 0.29) is 24.0 Å². The highest BCUT2D eigenvalue weighted by atomic mass is 16.7. The fraction of sp³-hybridized carbons (Fsp3) is 0.167. The third-order valence-electron chi connectivity index (χ3n) is 4.22. The van der Waals surface area contributed by atoms with Gasteiger partial charge >= 0.3 is 0 Å².